The van der Waals surface area contributed by atoms with Crippen molar-refractivity contribution < 1.29 is 17.9 Å². The molecular formula is C12H8F3N3O. The fraction of sp³-hybridized carbons (Fsp3) is 0.167. The van der Waals surface area contributed by atoms with Crippen LogP contribution in [0.2, 0.25) is 0 Å². The van der Waals surface area contributed by atoms with E-state index in [-0.39, 0.29) is 17.2 Å². The first-order valence-corrected chi connectivity index (χ1v) is 5.20. The van der Waals surface area contributed by atoms with Crippen molar-refractivity contribution in [2.24, 2.45) is 7.05 Å². The van der Waals surface area contributed by atoms with Gasteiger partial charge in [0.25, 0.3) is 0 Å². The lowest BCUT2D eigenvalue weighted by Gasteiger charge is -2.06. The maximum absolute atomic E-state index is 12.5. The van der Waals surface area contributed by atoms with Crippen molar-refractivity contribution in [1.29, 1.82) is 5.26 Å². The van der Waals surface area contributed by atoms with Gasteiger partial charge in [-0.15, -0.1) is 0 Å². The Bertz CT molecular complexity index is 640. The van der Waals surface area contributed by atoms with Crippen LogP contribution in [-0.4, -0.2) is 9.78 Å². The second-order valence-electron chi connectivity index (χ2n) is 3.70. The number of aromatic nitrogens is 2. The van der Waals surface area contributed by atoms with E-state index >= 15 is 0 Å². The van der Waals surface area contributed by atoms with Gasteiger partial charge < -0.3 is 4.74 Å². The van der Waals surface area contributed by atoms with Crippen molar-refractivity contribution in [1.82, 2.24) is 9.78 Å². The summed E-state index contributed by atoms with van der Waals surface area (Å²) in [6, 6.07) is 8.95. The smallest absolute Gasteiger partial charge is 0.435 e. The Balaban J connectivity index is 2.35. The molecule has 98 valence electrons. The minimum atomic E-state index is -4.53. The first-order chi connectivity index (χ1) is 8.91. The average molecular weight is 267 g/mol. The lowest BCUT2D eigenvalue weighted by Crippen LogP contribution is -2.06. The maximum Gasteiger partial charge on any atom is 0.435 e. The summed E-state index contributed by atoms with van der Waals surface area (Å²) >= 11 is 0. The fourth-order valence-electron chi connectivity index (χ4n) is 1.44. The van der Waals surface area contributed by atoms with Crippen LogP contribution in [0, 0.1) is 11.3 Å². The monoisotopic (exact) mass is 267 g/mol. The molecule has 0 fully saturated rings. The van der Waals surface area contributed by atoms with E-state index < -0.39 is 11.9 Å². The minimum absolute atomic E-state index is 0.0879. The molecule has 0 atom stereocenters. The van der Waals surface area contributed by atoms with E-state index in [2.05, 4.69) is 5.10 Å². The summed E-state index contributed by atoms with van der Waals surface area (Å²) in [6.45, 7) is 0. The highest BCUT2D eigenvalue weighted by molar-refractivity contribution is 5.44. The molecule has 7 heteroatoms. The van der Waals surface area contributed by atoms with Crippen molar-refractivity contribution in [3.63, 3.8) is 0 Å². The molecule has 0 aliphatic heterocycles. The van der Waals surface area contributed by atoms with E-state index in [0.717, 1.165) is 10.7 Å². The molecule has 0 spiro atoms. The Labute approximate surface area is 106 Å². The van der Waals surface area contributed by atoms with Crippen molar-refractivity contribution in [2.75, 3.05) is 0 Å². The molecule has 1 heterocycles. The zero-order valence-electron chi connectivity index (χ0n) is 9.77. The van der Waals surface area contributed by atoms with Crippen molar-refractivity contribution >= 4 is 0 Å². The van der Waals surface area contributed by atoms with Gasteiger partial charge in [-0.25, -0.2) is 4.68 Å². The van der Waals surface area contributed by atoms with E-state index in [1.807, 2.05) is 6.07 Å². The predicted octanol–water partition coefficient (Wildman–Crippen LogP) is 3.10. The summed E-state index contributed by atoms with van der Waals surface area (Å²) in [6.07, 6.45) is -4.53. The van der Waals surface area contributed by atoms with Crippen LogP contribution in [0.4, 0.5) is 13.2 Å². The number of alkyl halides is 3. The molecule has 2 rings (SSSR count). The van der Waals surface area contributed by atoms with Gasteiger partial charge in [0, 0.05) is 13.1 Å². The molecule has 2 aromatic rings. The van der Waals surface area contributed by atoms with E-state index in [0.29, 0.717) is 0 Å². The molecule has 1 aromatic carbocycles. The maximum atomic E-state index is 12.5. The molecule has 0 aliphatic rings. The van der Waals surface area contributed by atoms with Gasteiger partial charge in [0.2, 0.25) is 5.88 Å². The van der Waals surface area contributed by atoms with Crippen LogP contribution in [0.5, 0.6) is 11.6 Å². The third kappa shape index (κ3) is 2.68. The molecule has 0 N–H and O–H groups in total. The lowest BCUT2D eigenvalue weighted by atomic mass is 10.2. The highest BCUT2D eigenvalue weighted by Gasteiger charge is 2.35. The predicted molar refractivity (Wildman–Crippen MR) is 59.4 cm³/mol. The SMILES string of the molecule is Cn1nc(C(F)(F)F)cc1Oc1ccccc1C#N. The topological polar surface area (TPSA) is 50.8 Å². The quantitative estimate of drug-likeness (QED) is 0.840. The molecule has 0 bridgehead atoms. The second kappa shape index (κ2) is 4.65. The number of halogens is 3. The molecular weight excluding hydrogens is 259 g/mol. The minimum Gasteiger partial charge on any atom is -0.438 e. The number of nitriles is 1. The standard InChI is InChI=1S/C12H8F3N3O/c1-18-11(6-10(17-18)12(13,14)15)19-9-5-3-2-4-8(9)7-16/h2-6H,1H3. The number of hydrogen-bond acceptors (Lipinski definition) is 3. The van der Waals surface area contributed by atoms with Gasteiger partial charge in [0.15, 0.2) is 5.69 Å². The molecule has 1 aromatic heterocycles. The second-order valence-corrected chi connectivity index (χ2v) is 3.70. The van der Waals surface area contributed by atoms with Crippen LogP contribution in [-0.2, 0) is 13.2 Å². The molecule has 19 heavy (non-hydrogen) atoms. The number of para-hydroxylation sites is 1. The van der Waals surface area contributed by atoms with Crippen LogP contribution in [0.1, 0.15) is 11.3 Å². The lowest BCUT2D eigenvalue weighted by molar-refractivity contribution is -0.141. The number of ether oxygens (including phenoxy) is 1. The molecule has 0 unspecified atom stereocenters. The third-order valence-corrected chi connectivity index (χ3v) is 2.35. The fourth-order valence-corrected chi connectivity index (χ4v) is 1.44. The number of rotatable bonds is 2. The van der Waals surface area contributed by atoms with Gasteiger partial charge >= 0.3 is 6.18 Å². The molecule has 0 amide bonds. The Morgan fingerprint density at radius 2 is 2.00 bits per heavy atom. The molecule has 0 saturated carbocycles. The van der Waals surface area contributed by atoms with Crippen LogP contribution < -0.4 is 4.74 Å². The largest absolute Gasteiger partial charge is 0.438 e. The van der Waals surface area contributed by atoms with Gasteiger partial charge in [0.1, 0.15) is 11.8 Å². The van der Waals surface area contributed by atoms with Gasteiger partial charge in [0.05, 0.1) is 5.56 Å². The summed E-state index contributed by atoms with van der Waals surface area (Å²) in [7, 11) is 1.33. The summed E-state index contributed by atoms with van der Waals surface area (Å²) in [5, 5.41) is 12.2. The van der Waals surface area contributed by atoms with Crippen molar-refractivity contribution in [3.8, 4) is 17.7 Å². The number of hydrogen-bond donors (Lipinski definition) is 0. The molecule has 4 nitrogen and oxygen atoms in total. The Morgan fingerprint density at radius 3 is 2.58 bits per heavy atom. The van der Waals surface area contributed by atoms with E-state index in [9.17, 15) is 13.2 Å². The number of aryl methyl sites for hydroxylation is 1. The van der Waals surface area contributed by atoms with E-state index in [1.165, 1.54) is 19.2 Å². The summed E-state index contributed by atoms with van der Waals surface area (Å²) in [5.74, 6) is 0.0942. The first-order valence-electron chi connectivity index (χ1n) is 5.20. The highest BCUT2D eigenvalue weighted by Crippen LogP contribution is 2.32. The summed E-state index contributed by atoms with van der Waals surface area (Å²) in [5.41, 5.74) is -0.809. The third-order valence-electron chi connectivity index (χ3n) is 2.35. The molecule has 0 aliphatic carbocycles. The average Bonchev–Trinajstić information content (AvgIpc) is 2.72. The number of nitrogens with zero attached hydrogens (tertiary/aromatic N) is 3. The van der Waals surface area contributed by atoms with Crippen LogP contribution in [0.25, 0.3) is 0 Å². The zero-order valence-corrected chi connectivity index (χ0v) is 9.77. The van der Waals surface area contributed by atoms with Gasteiger partial charge in [-0.3, -0.25) is 0 Å². The van der Waals surface area contributed by atoms with Crippen molar-refractivity contribution in [3.05, 3.63) is 41.6 Å². The first kappa shape index (κ1) is 13.0. The Morgan fingerprint density at radius 1 is 1.32 bits per heavy atom. The van der Waals surface area contributed by atoms with E-state index in [1.54, 1.807) is 12.1 Å². The normalized spacial score (nSPS) is 11.1. The number of benzene rings is 1. The van der Waals surface area contributed by atoms with Gasteiger partial charge in [-0.2, -0.15) is 23.5 Å². The van der Waals surface area contributed by atoms with Gasteiger partial charge in [-0.05, 0) is 12.1 Å². The van der Waals surface area contributed by atoms with Crippen molar-refractivity contribution in [2.45, 2.75) is 6.18 Å². The van der Waals surface area contributed by atoms with E-state index in [4.69, 9.17) is 10.00 Å². The zero-order chi connectivity index (χ0) is 14.0. The van der Waals surface area contributed by atoms with Crippen LogP contribution >= 0.6 is 0 Å². The molecule has 0 saturated heterocycles. The van der Waals surface area contributed by atoms with Crippen LogP contribution in [0.3, 0.4) is 0 Å². The highest BCUT2D eigenvalue weighted by atomic mass is 19.4. The Kier molecular flexibility index (Phi) is 3.17. The van der Waals surface area contributed by atoms with Gasteiger partial charge in [-0.1, -0.05) is 12.1 Å². The summed E-state index contributed by atoms with van der Waals surface area (Å²) < 4.78 is 43.7. The Hall–Kier alpha value is -2.49. The summed E-state index contributed by atoms with van der Waals surface area (Å²) in [4.78, 5) is 0. The molecule has 0 radical (unpaired) electrons. The van der Waals surface area contributed by atoms with Crippen LogP contribution in [0.15, 0.2) is 30.3 Å².